The van der Waals surface area contributed by atoms with Crippen LogP contribution in [0.3, 0.4) is 0 Å². The minimum absolute atomic E-state index is 0.105. The van der Waals surface area contributed by atoms with Gasteiger partial charge in [-0.2, -0.15) is 10.2 Å². The fraction of sp³-hybridized carbons (Fsp3) is 0.233. The summed E-state index contributed by atoms with van der Waals surface area (Å²) in [4.78, 5) is 6.55. The number of fused-ring (bicyclic) bond motifs is 6. The topological polar surface area (TPSA) is 115 Å². The number of hydrogen-bond acceptors (Lipinski definition) is 12. The molecule has 2 N–H and O–H groups in total. The van der Waals surface area contributed by atoms with Gasteiger partial charge in [0.25, 0.3) is 0 Å². The van der Waals surface area contributed by atoms with Crippen molar-refractivity contribution in [2.45, 2.75) is 49.7 Å². The number of nitrogens with zero attached hydrogens (tertiary/aromatic N) is 6. The molecule has 9 rings (SSSR count). The van der Waals surface area contributed by atoms with E-state index in [1.54, 1.807) is 36.0 Å². The van der Waals surface area contributed by atoms with Crippen LogP contribution in [0.4, 0.5) is 11.4 Å². The van der Waals surface area contributed by atoms with E-state index in [9.17, 15) is 10.2 Å². The number of anilines is 2. The molecule has 72 heavy (non-hydrogen) atoms. The number of aliphatic hydroxyl groups excluding tert-OH is 2. The highest BCUT2D eigenvalue weighted by molar-refractivity contribution is 8.00. The maximum absolute atomic E-state index is 11.2. The second kappa shape index (κ2) is 24.0. The van der Waals surface area contributed by atoms with Crippen LogP contribution in [-0.2, 0) is 0 Å². The van der Waals surface area contributed by atoms with Crippen molar-refractivity contribution in [2.75, 3.05) is 60.7 Å². The Labute approximate surface area is 431 Å². The van der Waals surface area contributed by atoms with Crippen LogP contribution in [0.2, 0.25) is 0 Å². The summed E-state index contributed by atoms with van der Waals surface area (Å²) in [5, 5.41) is 41.0. The zero-order valence-corrected chi connectivity index (χ0v) is 42.8. The number of benzene rings is 7. The molecule has 0 saturated carbocycles. The van der Waals surface area contributed by atoms with Gasteiger partial charge in [0.05, 0.1) is 24.6 Å². The molecule has 0 saturated heterocycles. The van der Waals surface area contributed by atoms with Gasteiger partial charge in [0, 0.05) is 104 Å². The van der Waals surface area contributed by atoms with Crippen molar-refractivity contribution in [3.05, 3.63) is 191 Å². The number of hydrogen-bond donors (Lipinski definition) is 2. The van der Waals surface area contributed by atoms with E-state index in [1.165, 1.54) is 0 Å². The highest BCUT2D eigenvalue weighted by Crippen LogP contribution is 2.38. The van der Waals surface area contributed by atoms with E-state index in [0.717, 1.165) is 114 Å². The summed E-state index contributed by atoms with van der Waals surface area (Å²) in [6.07, 6.45) is 1.99. The van der Waals surface area contributed by atoms with E-state index in [-0.39, 0.29) is 13.2 Å². The molecule has 0 aliphatic heterocycles. The van der Waals surface area contributed by atoms with Crippen molar-refractivity contribution in [1.29, 1.82) is 0 Å². The second-order valence-corrected chi connectivity index (χ2v) is 19.6. The largest absolute Gasteiger partial charge is 0.490 e. The van der Waals surface area contributed by atoms with Gasteiger partial charge in [0.15, 0.2) is 0 Å². The zero-order chi connectivity index (χ0) is 49.8. The van der Waals surface area contributed by atoms with Gasteiger partial charge in [-0.05, 0) is 92.4 Å². The Balaban J connectivity index is 0.807. The van der Waals surface area contributed by atoms with Gasteiger partial charge in [0.2, 0.25) is 0 Å². The Morgan fingerprint density at radius 1 is 0.444 bits per heavy atom. The van der Waals surface area contributed by atoms with E-state index in [2.05, 4.69) is 114 Å². The van der Waals surface area contributed by atoms with E-state index >= 15 is 0 Å². The van der Waals surface area contributed by atoms with Crippen LogP contribution < -0.4 is 19.3 Å². The Bertz CT molecular complexity index is 2830. The monoisotopic (exact) mass is 992 g/mol. The van der Waals surface area contributed by atoms with Crippen LogP contribution in [0.1, 0.15) is 61.1 Å². The number of aliphatic hydroxyl groups is 2. The van der Waals surface area contributed by atoms with Crippen LogP contribution in [-0.4, -0.2) is 97.2 Å². The molecular weight excluding hydrogens is 933 g/mol. The Kier molecular flexibility index (Phi) is 16.6. The highest BCUT2D eigenvalue weighted by Gasteiger charge is 2.25. The molecule has 2 unspecified atom stereocenters. The Hall–Kier alpha value is -6.96. The maximum Gasteiger partial charge on any atom is 0.130 e. The molecule has 10 nitrogen and oxygen atoms in total. The third-order valence-electron chi connectivity index (χ3n) is 12.8. The number of thioether (sulfide) groups is 2. The predicted molar refractivity (Wildman–Crippen MR) is 301 cm³/mol. The zero-order valence-electron chi connectivity index (χ0n) is 41.2. The molecule has 0 amide bonds. The van der Waals surface area contributed by atoms with Gasteiger partial charge in [-0.15, -0.1) is 33.7 Å². The smallest absolute Gasteiger partial charge is 0.130 e. The van der Waals surface area contributed by atoms with Crippen LogP contribution in [0, 0.1) is 0 Å². The lowest BCUT2D eigenvalue weighted by atomic mass is 10.1. The van der Waals surface area contributed by atoms with Crippen molar-refractivity contribution >= 4 is 58.8 Å². The molecule has 0 bridgehead atoms. The van der Waals surface area contributed by atoms with Gasteiger partial charge in [0.1, 0.15) is 36.1 Å². The van der Waals surface area contributed by atoms with Crippen molar-refractivity contribution in [2.24, 2.45) is 20.4 Å². The molecule has 0 heterocycles. The Morgan fingerprint density at radius 2 is 0.792 bits per heavy atom. The molecule has 2 aliphatic carbocycles. The van der Waals surface area contributed by atoms with E-state index in [0.29, 0.717) is 23.0 Å². The van der Waals surface area contributed by atoms with Crippen LogP contribution >= 0.6 is 23.5 Å². The van der Waals surface area contributed by atoms with Crippen molar-refractivity contribution in [3.8, 4) is 33.8 Å². The fourth-order valence-electron chi connectivity index (χ4n) is 9.09. The predicted octanol–water partition coefficient (Wildman–Crippen LogP) is 12.1. The third kappa shape index (κ3) is 11.5. The molecule has 0 aromatic heterocycles. The first-order chi connectivity index (χ1) is 35.3. The minimum Gasteiger partial charge on any atom is -0.490 e. The van der Waals surface area contributed by atoms with Crippen molar-refractivity contribution < 1.29 is 19.7 Å². The molecule has 7 aromatic carbocycles. The molecule has 0 radical (unpaired) electrons. The molecule has 366 valence electrons. The van der Waals surface area contributed by atoms with Crippen molar-refractivity contribution in [1.82, 2.24) is 0 Å². The SMILES string of the molecule is CCN(CC)c1ccc(C=NN=C2c3ccccc3-c3ccccc32)c(OCC(O)CSc2cccc(SCC(O)COc3cc(N(CC)CC)ccc3C=NN=C3c4ccccc4-c4ccccc43)c2)c1. The second-order valence-electron chi connectivity index (χ2n) is 17.4. The van der Waals surface area contributed by atoms with Gasteiger partial charge < -0.3 is 29.5 Å². The van der Waals surface area contributed by atoms with Crippen LogP contribution in [0.25, 0.3) is 22.3 Å². The van der Waals surface area contributed by atoms with E-state index in [4.69, 9.17) is 19.7 Å². The molecule has 2 aliphatic rings. The lowest BCUT2D eigenvalue weighted by Gasteiger charge is -2.22. The highest BCUT2D eigenvalue weighted by atomic mass is 32.2. The summed E-state index contributed by atoms with van der Waals surface area (Å²) in [5.74, 6) is 2.13. The van der Waals surface area contributed by atoms with Gasteiger partial charge in [-0.3, -0.25) is 0 Å². The van der Waals surface area contributed by atoms with E-state index in [1.807, 2.05) is 91.0 Å². The normalized spacial score (nSPS) is 13.1. The van der Waals surface area contributed by atoms with Gasteiger partial charge in [-0.25, -0.2) is 0 Å². The molecule has 2 atom stereocenters. The maximum atomic E-state index is 11.2. The summed E-state index contributed by atoms with van der Waals surface area (Å²) in [6.45, 7) is 12.1. The standard InChI is InChI=1S/C60H60N6O4S2/c1-5-65(6-2)43-30-28-41(35-61-63-59-53-24-13-9-20-49(53)50-21-10-14-25-54(50)59)57(32-43)69-37-45(67)39-71-47-18-17-19-48(34-47)72-40-46(68)38-70-58-33-44(66(7-3)8-4)31-29-42(58)36-62-64-60-55-26-15-11-22-51(55)52-23-12-16-27-56(52)60/h9-36,45-46,67-68H,5-8,37-40H2,1-4H3. The molecule has 12 heteroatoms. The quantitative estimate of drug-likeness (QED) is 0.0392. The van der Waals surface area contributed by atoms with Gasteiger partial charge in [-0.1, -0.05) is 103 Å². The molecular formula is C60H60N6O4S2. The lowest BCUT2D eigenvalue weighted by molar-refractivity contribution is 0.126. The van der Waals surface area contributed by atoms with Gasteiger partial charge >= 0.3 is 0 Å². The third-order valence-corrected chi connectivity index (χ3v) is 15.1. The first kappa shape index (κ1) is 50.0. The average molecular weight is 993 g/mol. The summed E-state index contributed by atoms with van der Waals surface area (Å²) in [5.41, 5.74) is 14.2. The number of ether oxygens (including phenoxy) is 2. The summed E-state index contributed by atoms with van der Waals surface area (Å²) in [7, 11) is 0. The van der Waals surface area contributed by atoms with Crippen LogP contribution in [0.5, 0.6) is 11.5 Å². The lowest BCUT2D eigenvalue weighted by Crippen LogP contribution is -2.23. The summed E-state index contributed by atoms with van der Waals surface area (Å²) in [6, 6.07) is 53.5. The Morgan fingerprint density at radius 3 is 1.14 bits per heavy atom. The average Bonchev–Trinajstić information content (AvgIpc) is 3.92. The van der Waals surface area contributed by atoms with E-state index < -0.39 is 12.2 Å². The molecule has 0 fully saturated rings. The minimum atomic E-state index is -0.738. The first-order valence-corrected chi connectivity index (χ1v) is 26.7. The van der Waals surface area contributed by atoms with Crippen molar-refractivity contribution in [3.63, 3.8) is 0 Å². The molecule has 0 spiro atoms. The van der Waals surface area contributed by atoms with Crippen LogP contribution in [0.15, 0.2) is 188 Å². The molecule has 7 aromatic rings. The summed E-state index contributed by atoms with van der Waals surface area (Å²) >= 11 is 3.13. The summed E-state index contributed by atoms with van der Waals surface area (Å²) < 4.78 is 12.7. The number of rotatable bonds is 22. The fourth-order valence-corrected chi connectivity index (χ4v) is 10.9. The first-order valence-electron chi connectivity index (χ1n) is 24.7.